The van der Waals surface area contributed by atoms with Crippen LogP contribution in [0.3, 0.4) is 0 Å². The minimum absolute atomic E-state index is 0.0847. The summed E-state index contributed by atoms with van der Waals surface area (Å²) in [6.07, 6.45) is 0.954. The zero-order valence-corrected chi connectivity index (χ0v) is 17.1. The lowest BCUT2D eigenvalue weighted by Gasteiger charge is -2.31. The maximum atomic E-state index is 12.3. The molecule has 1 aliphatic rings. The molecule has 0 saturated carbocycles. The second-order valence-electron chi connectivity index (χ2n) is 7.68. The Bertz CT molecular complexity index is 767. The van der Waals surface area contributed by atoms with Crippen molar-refractivity contribution in [2.24, 2.45) is 11.8 Å². The number of esters is 1. The SMILES string of the molecule is CC(C)[C@@](C)(C#N)NC(=O)COC(=O)C1CCN(C(=O)Nc2ccccc2)CC1. The standard InChI is InChI=1S/C21H28N4O4/c1-15(2)21(3,14-22)24-18(26)13-29-19(27)16-9-11-25(12-10-16)20(28)23-17-7-5-4-6-8-17/h4-8,15-16H,9-13H2,1-3H3,(H,23,28)(H,24,26)/t21-/m1/s1. The zero-order chi connectivity index (χ0) is 21.4. The molecule has 1 fully saturated rings. The Hall–Kier alpha value is -3.08. The molecule has 0 unspecified atom stereocenters. The molecular weight excluding hydrogens is 372 g/mol. The first-order chi connectivity index (χ1) is 13.7. The van der Waals surface area contributed by atoms with Crippen molar-refractivity contribution in [1.29, 1.82) is 5.26 Å². The number of carbonyl (C=O) groups is 3. The van der Waals surface area contributed by atoms with Crippen molar-refractivity contribution in [2.45, 2.75) is 39.2 Å². The summed E-state index contributed by atoms with van der Waals surface area (Å²) >= 11 is 0. The Balaban J connectivity index is 1.75. The zero-order valence-electron chi connectivity index (χ0n) is 17.1. The molecule has 0 radical (unpaired) electrons. The normalized spacial score (nSPS) is 16.4. The molecule has 8 nitrogen and oxygen atoms in total. The Morgan fingerprint density at radius 2 is 1.86 bits per heavy atom. The highest BCUT2D eigenvalue weighted by Crippen LogP contribution is 2.20. The third-order valence-corrected chi connectivity index (χ3v) is 5.27. The average molecular weight is 400 g/mol. The Kier molecular flexibility index (Phi) is 7.59. The topological polar surface area (TPSA) is 112 Å². The summed E-state index contributed by atoms with van der Waals surface area (Å²) in [5.74, 6) is -1.39. The lowest BCUT2D eigenvalue weighted by atomic mass is 9.90. The number of nitriles is 1. The Labute approximate surface area is 171 Å². The van der Waals surface area contributed by atoms with Crippen LogP contribution in [0.1, 0.15) is 33.6 Å². The van der Waals surface area contributed by atoms with Crippen molar-refractivity contribution < 1.29 is 19.1 Å². The maximum Gasteiger partial charge on any atom is 0.321 e. The van der Waals surface area contributed by atoms with Gasteiger partial charge >= 0.3 is 12.0 Å². The number of hydrogen-bond acceptors (Lipinski definition) is 5. The molecule has 1 saturated heterocycles. The van der Waals surface area contributed by atoms with Crippen LogP contribution in [0.25, 0.3) is 0 Å². The van der Waals surface area contributed by atoms with Gasteiger partial charge in [0.05, 0.1) is 12.0 Å². The van der Waals surface area contributed by atoms with Crippen molar-refractivity contribution in [3.63, 3.8) is 0 Å². The molecule has 1 aliphatic heterocycles. The molecule has 29 heavy (non-hydrogen) atoms. The van der Waals surface area contributed by atoms with Gasteiger partial charge in [0, 0.05) is 18.8 Å². The van der Waals surface area contributed by atoms with Gasteiger partial charge in [-0.1, -0.05) is 32.0 Å². The first-order valence-electron chi connectivity index (χ1n) is 9.75. The molecule has 1 atom stereocenters. The Morgan fingerprint density at radius 3 is 2.41 bits per heavy atom. The van der Waals surface area contributed by atoms with E-state index in [1.807, 2.05) is 44.2 Å². The summed E-state index contributed by atoms with van der Waals surface area (Å²) in [6, 6.07) is 11.0. The first kappa shape index (κ1) is 22.2. The van der Waals surface area contributed by atoms with E-state index in [9.17, 15) is 19.6 Å². The number of likely N-dealkylation sites (tertiary alicyclic amines) is 1. The van der Waals surface area contributed by atoms with Crippen LogP contribution in [0.2, 0.25) is 0 Å². The number of hydrogen-bond donors (Lipinski definition) is 2. The summed E-state index contributed by atoms with van der Waals surface area (Å²) in [5.41, 5.74) is -0.295. The van der Waals surface area contributed by atoms with E-state index in [0.29, 0.717) is 25.9 Å². The van der Waals surface area contributed by atoms with Crippen molar-refractivity contribution in [2.75, 3.05) is 25.0 Å². The summed E-state index contributed by atoms with van der Waals surface area (Å²) in [6.45, 7) is 5.74. The highest BCUT2D eigenvalue weighted by molar-refractivity contribution is 5.89. The van der Waals surface area contributed by atoms with E-state index in [1.54, 1.807) is 11.8 Å². The van der Waals surface area contributed by atoms with Crippen LogP contribution in [0.15, 0.2) is 30.3 Å². The molecule has 2 N–H and O–H groups in total. The second-order valence-corrected chi connectivity index (χ2v) is 7.68. The van der Waals surface area contributed by atoms with Crippen LogP contribution in [0, 0.1) is 23.2 Å². The van der Waals surface area contributed by atoms with Crippen molar-refractivity contribution in [3.8, 4) is 6.07 Å². The van der Waals surface area contributed by atoms with Crippen LogP contribution in [-0.2, 0) is 14.3 Å². The number of rotatable bonds is 6. The van der Waals surface area contributed by atoms with Crippen LogP contribution >= 0.6 is 0 Å². The number of piperidine rings is 1. The largest absolute Gasteiger partial charge is 0.455 e. The Morgan fingerprint density at radius 1 is 1.24 bits per heavy atom. The van der Waals surface area contributed by atoms with Gasteiger partial charge in [-0.3, -0.25) is 9.59 Å². The summed E-state index contributed by atoms with van der Waals surface area (Å²) in [4.78, 5) is 38.2. The van der Waals surface area contributed by atoms with Crippen LogP contribution in [0.5, 0.6) is 0 Å². The number of amides is 3. The molecule has 1 heterocycles. The van der Waals surface area contributed by atoms with Gasteiger partial charge in [0.1, 0.15) is 5.54 Å². The number of anilines is 1. The molecule has 0 aliphatic carbocycles. The number of urea groups is 1. The summed E-state index contributed by atoms with van der Waals surface area (Å²) in [5, 5.41) is 14.7. The van der Waals surface area contributed by atoms with Gasteiger partial charge in [-0.25, -0.2) is 4.79 Å². The highest BCUT2D eigenvalue weighted by atomic mass is 16.5. The molecule has 156 valence electrons. The quantitative estimate of drug-likeness (QED) is 0.713. The van der Waals surface area contributed by atoms with Crippen molar-refractivity contribution in [3.05, 3.63) is 30.3 Å². The fourth-order valence-electron chi connectivity index (χ4n) is 2.92. The van der Waals surface area contributed by atoms with Gasteiger partial charge in [-0.05, 0) is 37.8 Å². The predicted octanol–water partition coefficient (Wildman–Crippen LogP) is 2.53. The molecule has 0 spiro atoms. The third-order valence-electron chi connectivity index (χ3n) is 5.27. The van der Waals surface area contributed by atoms with Crippen LogP contribution in [0.4, 0.5) is 10.5 Å². The summed E-state index contributed by atoms with van der Waals surface area (Å²) in [7, 11) is 0. The van der Waals surface area contributed by atoms with E-state index >= 15 is 0 Å². The monoisotopic (exact) mass is 400 g/mol. The average Bonchev–Trinajstić information content (AvgIpc) is 2.72. The number of para-hydroxylation sites is 1. The van der Waals surface area contributed by atoms with Crippen molar-refractivity contribution >= 4 is 23.6 Å². The van der Waals surface area contributed by atoms with E-state index in [1.165, 1.54) is 0 Å². The number of carbonyl (C=O) groups excluding carboxylic acids is 3. The van der Waals surface area contributed by atoms with Gasteiger partial charge in [0.2, 0.25) is 0 Å². The number of nitrogens with one attached hydrogen (secondary N) is 2. The lowest BCUT2D eigenvalue weighted by Crippen LogP contribution is -2.50. The van der Waals surface area contributed by atoms with Gasteiger partial charge < -0.3 is 20.3 Å². The van der Waals surface area contributed by atoms with Crippen LogP contribution in [-0.4, -0.2) is 48.0 Å². The van der Waals surface area contributed by atoms with Crippen molar-refractivity contribution in [1.82, 2.24) is 10.2 Å². The molecule has 2 rings (SSSR count). The molecule has 1 aromatic carbocycles. The second kappa shape index (κ2) is 9.92. The van der Waals surface area contributed by atoms with Crippen LogP contribution < -0.4 is 10.6 Å². The molecule has 0 aromatic heterocycles. The van der Waals surface area contributed by atoms with E-state index in [-0.39, 0.29) is 17.9 Å². The molecular formula is C21H28N4O4. The molecule has 3 amide bonds. The summed E-state index contributed by atoms with van der Waals surface area (Å²) < 4.78 is 5.13. The third kappa shape index (κ3) is 6.21. The minimum atomic E-state index is -1.01. The van der Waals surface area contributed by atoms with E-state index in [0.717, 1.165) is 5.69 Å². The molecule has 1 aromatic rings. The first-order valence-corrected chi connectivity index (χ1v) is 9.75. The van der Waals surface area contributed by atoms with E-state index < -0.39 is 24.0 Å². The number of ether oxygens (including phenoxy) is 1. The fourth-order valence-corrected chi connectivity index (χ4v) is 2.92. The number of benzene rings is 1. The maximum absolute atomic E-state index is 12.3. The van der Waals surface area contributed by atoms with E-state index in [2.05, 4.69) is 16.7 Å². The van der Waals surface area contributed by atoms with Gasteiger partial charge in [-0.2, -0.15) is 5.26 Å². The predicted molar refractivity (Wildman–Crippen MR) is 108 cm³/mol. The lowest BCUT2D eigenvalue weighted by molar-refractivity contribution is -0.154. The minimum Gasteiger partial charge on any atom is -0.455 e. The number of nitrogens with zero attached hydrogens (tertiary/aromatic N) is 2. The molecule has 8 heteroatoms. The highest BCUT2D eigenvalue weighted by Gasteiger charge is 2.32. The van der Waals surface area contributed by atoms with Gasteiger partial charge in [0.15, 0.2) is 6.61 Å². The van der Waals surface area contributed by atoms with Gasteiger partial charge in [0.25, 0.3) is 5.91 Å². The smallest absolute Gasteiger partial charge is 0.321 e. The van der Waals surface area contributed by atoms with Gasteiger partial charge in [-0.15, -0.1) is 0 Å². The molecule has 0 bridgehead atoms. The van der Waals surface area contributed by atoms with E-state index in [4.69, 9.17) is 4.74 Å². The fraction of sp³-hybridized carbons (Fsp3) is 0.524.